The first-order valence-corrected chi connectivity index (χ1v) is 9.67. The SMILES string of the molecule is CNC(=O)OC[C@@H]1CCCN1C(=O)C1CC2=C(CCN(C)CC2)S1. The van der Waals surface area contributed by atoms with Crippen LogP contribution in [0.25, 0.3) is 0 Å². The van der Waals surface area contributed by atoms with Crippen molar-refractivity contribution in [2.75, 3.05) is 40.3 Å². The summed E-state index contributed by atoms with van der Waals surface area (Å²) in [4.78, 5) is 30.0. The van der Waals surface area contributed by atoms with E-state index in [2.05, 4.69) is 17.3 Å². The number of nitrogens with one attached hydrogen (secondary N) is 1. The molecule has 1 unspecified atom stereocenters. The van der Waals surface area contributed by atoms with Crippen molar-refractivity contribution in [1.29, 1.82) is 0 Å². The van der Waals surface area contributed by atoms with Crippen molar-refractivity contribution in [3.63, 3.8) is 0 Å². The number of carbonyl (C=O) groups excluding carboxylic acids is 2. The van der Waals surface area contributed by atoms with E-state index < -0.39 is 6.09 Å². The van der Waals surface area contributed by atoms with Gasteiger partial charge in [-0.05, 0) is 44.1 Å². The molecule has 1 saturated heterocycles. The van der Waals surface area contributed by atoms with Crippen LogP contribution >= 0.6 is 11.8 Å². The molecule has 3 aliphatic heterocycles. The standard InChI is InChI=1S/C17H27N3O3S/c1-18-17(22)23-11-13-4-3-7-20(13)16(21)15-10-12-5-8-19(2)9-6-14(12)24-15/h13,15H,3-11H2,1-2H3,(H,18,22)/t13-,15?/m0/s1. The number of hydrogen-bond donors (Lipinski definition) is 1. The summed E-state index contributed by atoms with van der Waals surface area (Å²) in [5.41, 5.74) is 1.49. The number of carbonyl (C=O) groups is 2. The van der Waals surface area contributed by atoms with Gasteiger partial charge in [0.25, 0.3) is 0 Å². The van der Waals surface area contributed by atoms with Crippen LogP contribution < -0.4 is 5.32 Å². The van der Waals surface area contributed by atoms with Gasteiger partial charge < -0.3 is 19.9 Å². The first kappa shape index (κ1) is 17.6. The molecule has 2 atom stereocenters. The highest BCUT2D eigenvalue weighted by atomic mass is 32.2. The Morgan fingerprint density at radius 1 is 1.29 bits per heavy atom. The van der Waals surface area contributed by atoms with Crippen molar-refractivity contribution in [2.24, 2.45) is 0 Å². The highest BCUT2D eigenvalue weighted by Crippen LogP contribution is 2.43. The van der Waals surface area contributed by atoms with Crippen LogP contribution in [0.5, 0.6) is 0 Å². The largest absolute Gasteiger partial charge is 0.447 e. The van der Waals surface area contributed by atoms with Gasteiger partial charge in [0.1, 0.15) is 6.61 Å². The van der Waals surface area contributed by atoms with E-state index in [1.165, 1.54) is 10.5 Å². The van der Waals surface area contributed by atoms with Crippen molar-refractivity contribution in [2.45, 2.75) is 43.4 Å². The average Bonchev–Trinajstić information content (AvgIpc) is 3.18. The fraction of sp³-hybridized carbons (Fsp3) is 0.765. The van der Waals surface area contributed by atoms with Crippen molar-refractivity contribution >= 4 is 23.8 Å². The molecule has 7 heteroatoms. The molecule has 134 valence electrons. The van der Waals surface area contributed by atoms with Crippen molar-refractivity contribution < 1.29 is 14.3 Å². The third-order valence-corrected chi connectivity index (χ3v) is 6.60. The van der Waals surface area contributed by atoms with E-state index in [4.69, 9.17) is 4.74 Å². The molecule has 0 spiro atoms. The predicted molar refractivity (Wildman–Crippen MR) is 94.9 cm³/mol. The number of rotatable bonds is 3. The minimum absolute atomic E-state index is 0.0269. The normalized spacial score (nSPS) is 27.8. The smallest absolute Gasteiger partial charge is 0.406 e. The first-order chi connectivity index (χ1) is 11.6. The summed E-state index contributed by atoms with van der Waals surface area (Å²) >= 11 is 1.78. The van der Waals surface area contributed by atoms with Gasteiger partial charge in [0.15, 0.2) is 0 Å². The summed E-state index contributed by atoms with van der Waals surface area (Å²) in [6, 6.07) is 0.0296. The first-order valence-electron chi connectivity index (χ1n) is 8.79. The van der Waals surface area contributed by atoms with Crippen LogP contribution in [0.4, 0.5) is 4.79 Å². The summed E-state index contributed by atoms with van der Waals surface area (Å²) < 4.78 is 5.17. The van der Waals surface area contributed by atoms with E-state index in [0.717, 1.165) is 51.7 Å². The molecular formula is C17H27N3O3S. The second kappa shape index (κ2) is 7.78. The molecule has 0 aromatic rings. The number of ether oxygens (including phenoxy) is 1. The van der Waals surface area contributed by atoms with E-state index in [1.54, 1.807) is 18.8 Å². The highest BCUT2D eigenvalue weighted by Gasteiger charge is 2.38. The van der Waals surface area contributed by atoms with Gasteiger partial charge in [0, 0.05) is 26.7 Å². The van der Waals surface area contributed by atoms with Crippen LogP contribution in [0.15, 0.2) is 10.5 Å². The van der Waals surface area contributed by atoms with Gasteiger partial charge in [-0.3, -0.25) is 4.79 Å². The summed E-state index contributed by atoms with van der Waals surface area (Å²) in [5, 5.41) is 2.48. The summed E-state index contributed by atoms with van der Waals surface area (Å²) in [6.07, 6.45) is 4.53. The molecule has 2 amide bonds. The molecule has 0 radical (unpaired) electrons. The summed E-state index contributed by atoms with van der Waals surface area (Å²) in [6.45, 7) is 3.25. The molecule has 24 heavy (non-hydrogen) atoms. The van der Waals surface area contributed by atoms with E-state index in [1.807, 2.05) is 4.90 Å². The Bertz CT molecular complexity index is 517. The Morgan fingerprint density at radius 3 is 2.88 bits per heavy atom. The van der Waals surface area contributed by atoms with E-state index in [0.29, 0.717) is 6.61 Å². The maximum Gasteiger partial charge on any atom is 0.406 e. The molecule has 0 saturated carbocycles. The number of amides is 2. The molecule has 6 nitrogen and oxygen atoms in total. The molecule has 1 fully saturated rings. The monoisotopic (exact) mass is 353 g/mol. The maximum atomic E-state index is 13.0. The molecule has 3 aliphatic rings. The number of hydrogen-bond acceptors (Lipinski definition) is 5. The zero-order valence-corrected chi connectivity index (χ0v) is 15.4. The second-order valence-corrected chi connectivity index (χ2v) is 8.11. The fourth-order valence-corrected chi connectivity index (χ4v) is 5.13. The third-order valence-electron chi connectivity index (χ3n) is 5.17. The molecule has 0 aromatic heterocycles. The zero-order chi connectivity index (χ0) is 17.1. The molecule has 1 N–H and O–H groups in total. The lowest BCUT2D eigenvalue weighted by Crippen LogP contribution is -2.43. The average molecular weight is 353 g/mol. The number of likely N-dealkylation sites (tertiary alicyclic amines) is 1. The van der Waals surface area contributed by atoms with Crippen LogP contribution in [0.3, 0.4) is 0 Å². The Morgan fingerprint density at radius 2 is 2.08 bits per heavy atom. The molecule has 3 heterocycles. The Balaban J connectivity index is 1.56. The van der Waals surface area contributed by atoms with Crippen LogP contribution in [0.1, 0.15) is 32.1 Å². The second-order valence-electron chi connectivity index (χ2n) is 6.82. The topological polar surface area (TPSA) is 61.9 Å². The lowest BCUT2D eigenvalue weighted by molar-refractivity contribution is -0.132. The summed E-state index contributed by atoms with van der Waals surface area (Å²) in [7, 11) is 3.71. The van der Waals surface area contributed by atoms with Crippen LogP contribution in [0, 0.1) is 0 Å². The van der Waals surface area contributed by atoms with Crippen molar-refractivity contribution in [3.05, 3.63) is 10.5 Å². The number of thioether (sulfide) groups is 1. The molecular weight excluding hydrogens is 326 g/mol. The third kappa shape index (κ3) is 3.88. The van der Waals surface area contributed by atoms with Gasteiger partial charge in [-0.2, -0.15) is 0 Å². The minimum Gasteiger partial charge on any atom is -0.447 e. The van der Waals surface area contributed by atoms with E-state index >= 15 is 0 Å². The fourth-order valence-electron chi connectivity index (χ4n) is 3.71. The Hall–Kier alpha value is -1.21. The Kier molecular flexibility index (Phi) is 5.71. The summed E-state index contributed by atoms with van der Waals surface area (Å²) in [5.74, 6) is 0.226. The van der Waals surface area contributed by atoms with Crippen molar-refractivity contribution in [3.8, 4) is 0 Å². The predicted octanol–water partition coefficient (Wildman–Crippen LogP) is 1.82. The van der Waals surface area contributed by atoms with Crippen LogP contribution in [-0.2, 0) is 9.53 Å². The van der Waals surface area contributed by atoms with Crippen molar-refractivity contribution in [1.82, 2.24) is 15.1 Å². The van der Waals surface area contributed by atoms with Gasteiger partial charge in [-0.15, -0.1) is 11.8 Å². The van der Waals surface area contributed by atoms with Gasteiger partial charge in [-0.25, -0.2) is 4.79 Å². The lowest BCUT2D eigenvalue weighted by atomic mass is 10.1. The zero-order valence-electron chi connectivity index (χ0n) is 14.5. The highest BCUT2D eigenvalue weighted by molar-refractivity contribution is 8.04. The quantitative estimate of drug-likeness (QED) is 0.839. The van der Waals surface area contributed by atoms with Crippen LogP contribution in [0.2, 0.25) is 0 Å². The Labute approximate surface area is 148 Å². The molecule has 0 aromatic carbocycles. The van der Waals surface area contributed by atoms with E-state index in [-0.39, 0.29) is 17.2 Å². The van der Waals surface area contributed by atoms with E-state index in [9.17, 15) is 9.59 Å². The number of alkyl carbamates (subject to hydrolysis) is 1. The number of nitrogens with zero attached hydrogens (tertiary/aromatic N) is 2. The molecule has 0 bridgehead atoms. The van der Waals surface area contributed by atoms with Gasteiger partial charge >= 0.3 is 6.09 Å². The minimum atomic E-state index is -0.429. The molecule has 3 rings (SSSR count). The molecule has 0 aliphatic carbocycles. The van der Waals surface area contributed by atoms with Gasteiger partial charge in [0.05, 0.1) is 11.3 Å². The lowest BCUT2D eigenvalue weighted by Gasteiger charge is -2.27. The van der Waals surface area contributed by atoms with Crippen LogP contribution in [-0.4, -0.2) is 73.4 Å². The van der Waals surface area contributed by atoms with Gasteiger partial charge in [-0.1, -0.05) is 5.57 Å². The van der Waals surface area contributed by atoms with Gasteiger partial charge in [0.2, 0.25) is 5.91 Å². The maximum absolute atomic E-state index is 13.0.